The number of hydrogen-bond donors (Lipinski definition) is 2. The molecule has 1 amide bonds. The summed E-state index contributed by atoms with van der Waals surface area (Å²) in [6.45, 7) is 6.32. The van der Waals surface area contributed by atoms with Gasteiger partial charge in [-0.05, 0) is 57.2 Å². The van der Waals surface area contributed by atoms with Crippen molar-refractivity contribution < 1.29 is 9.53 Å². The summed E-state index contributed by atoms with van der Waals surface area (Å²) in [6.07, 6.45) is 0. The molecule has 7 heteroatoms. The Hall–Kier alpha value is -3.61. The van der Waals surface area contributed by atoms with Crippen LogP contribution < -0.4 is 15.4 Å². The van der Waals surface area contributed by atoms with Gasteiger partial charge in [0.25, 0.3) is 5.91 Å². The number of guanidine groups is 1. The molecule has 1 heterocycles. The van der Waals surface area contributed by atoms with Gasteiger partial charge in [-0.3, -0.25) is 14.8 Å². The zero-order valence-electron chi connectivity index (χ0n) is 18.0. The number of hydrogen-bond acceptors (Lipinski definition) is 4. The summed E-state index contributed by atoms with van der Waals surface area (Å²) in [6, 6.07) is 14.9. The molecule has 2 N–H and O–H groups in total. The molecule has 1 aromatic heterocycles. The Balaban J connectivity index is 1.85. The number of aryl methyl sites for hydroxylation is 3. The maximum atomic E-state index is 12.8. The van der Waals surface area contributed by atoms with Crippen molar-refractivity contribution in [1.82, 2.24) is 15.1 Å². The maximum absolute atomic E-state index is 12.8. The van der Waals surface area contributed by atoms with E-state index in [2.05, 4.69) is 20.7 Å². The molecule has 30 heavy (non-hydrogen) atoms. The van der Waals surface area contributed by atoms with Crippen molar-refractivity contribution in [2.45, 2.75) is 27.3 Å². The largest absolute Gasteiger partial charge is 0.497 e. The summed E-state index contributed by atoms with van der Waals surface area (Å²) < 4.78 is 7.04. The molecule has 3 rings (SSSR count). The van der Waals surface area contributed by atoms with Gasteiger partial charge in [0.2, 0.25) is 5.96 Å². The molecule has 0 unspecified atom stereocenters. The van der Waals surface area contributed by atoms with Crippen molar-refractivity contribution in [3.8, 4) is 5.75 Å². The van der Waals surface area contributed by atoms with Gasteiger partial charge >= 0.3 is 0 Å². The number of aliphatic imine (C=N–C) groups is 1. The molecule has 0 fully saturated rings. The standard InChI is InChI=1S/C23H27N5O2/c1-15-7-6-8-18(13-15)22(29)26-23(25-19-9-11-20(30-5)12-10-19)24-14-21-16(2)27-28(4)17(21)3/h6-13H,14H2,1-5H3,(H2,24,25,26,29). The second-order valence-corrected chi connectivity index (χ2v) is 7.11. The molecule has 3 aromatic rings. The molecule has 156 valence electrons. The monoisotopic (exact) mass is 405 g/mol. The quantitative estimate of drug-likeness (QED) is 0.500. The third-order valence-corrected chi connectivity index (χ3v) is 4.92. The molecule has 0 saturated heterocycles. The second-order valence-electron chi connectivity index (χ2n) is 7.11. The van der Waals surface area contributed by atoms with Crippen LogP contribution in [0, 0.1) is 20.8 Å². The number of aromatic nitrogens is 2. The first-order valence-corrected chi connectivity index (χ1v) is 9.70. The summed E-state index contributed by atoms with van der Waals surface area (Å²) in [4.78, 5) is 17.4. The van der Waals surface area contributed by atoms with Gasteiger partial charge in [0.1, 0.15) is 5.75 Å². The van der Waals surface area contributed by atoms with Crippen LogP contribution in [-0.2, 0) is 13.6 Å². The lowest BCUT2D eigenvalue weighted by Crippen LogP contribution is -2.36. The number of nitrogens with one attached hydrogen (secondary N) is 2. The minimum absolute atomic E-state index is 0.224. The third-order valence-electron chi connectivity index (χ3n) is 4.92. The van der Waals surface area contributed by atoms with Crippen LogP contribution in [-0.4, -0.2) is 28.8 Å². The highest BCUT2D eigenvalue weighted by molar-refractivity contribution is 6.10. The molecule has 0 spiro atoms. The van der Waals surface area contributed by atoms with Gasteiger partial charge in [-0.1, -0.05) is 17.7 Å². The molecule has 2 aromatic carbocycles. The number of ether oxygens (including phenoxy) is 1. The number of methoxy groups -OCH3 is 1. The van der Waals surface area contributed by atoms with Gasteiger partial charge in [0.15, 0.2) is 0 Å². The van der Waals surface area contributed by atoms with Crippen LogP contribution in [0.15, 0.2) is 53.5 Å². The van der Waals surface area contributed by atoms with Crippen molar-refractivity contribution >= 4 is 17.6 Å². The highest BCUT2D eigenvalue weighted by Gasteiger charge is 2.12. The van der Waals surface area contributed by atoms with Crippen LogP contribution in [0.5, 0.6) is 5.75 Å². The van der Waals surface area contributed by atoms with E-state index in [1.807, 2.05) is 75.0 Å². The first kappa shape index (κ1) is 21.1. The van der Waals surface area contributed by atoms with Gasteiger partial charge in [0, 0.05) is 29.6 Å². The average molecular weight is 406 g/mol. The lowest BCUT2D eigenvalue weighted by molar-refractivity contribution is 0.0977. The fourth-order valence-electron chi connectivity index (χ4n) is 3.09. The Morgan fingerprint density at radius 2 is 1.87 bits per heavy atom. The van der Waals surface area contributed by atoms with Crippen LogP contribution in [0.25, 0.3) is 0 Å². The van der Waals surface area contributed by atoms with Gasteiger partial charge in [-0.15, -0.1) is 0 Å². The Labute approximate surface area is 176 Å². The van der Waals surface area contributed by atoms with Crippen molar-refractivity contribution in [1.29, 1.82) is 0 Å². The molecule has 0 bridgehead atoms. The zero-order chi connectivity index (χ0) is 21.7. The number of rotatable bonds is 5. The second kappa shape index (κ2) is 9.26. The minimum Gasteiger partial charge on any atom is -0.497 e. The lowest BCUT2D eigenvalue weighted by atomic mass is 10.1. The van der Waals surface area contributed by atoms with Crippen molar-refractivity contribution in [3.63, 3.8) is 0 Å². The van der Waals surface area contributed by atoms with Crippen molar-refractivity contribution in [2.24, 2.45) is 12.0 Å². The number of nitrogens with zero attached hydrogens (tertiary/aromatic N) is 3. The Morgan fingerprint density at radius 1 is 1.13 bits per heavy atom. The number of anilines is 1. The topological polar surface area (TPSA) is 80.5 Å². The maximum Gasteiger partial charge on any atom is 0.257 e. The molecule has 0 aliphatic rings. The number of carbonyl (C=O) groups excluding carboxylic acids is 1. The normalized spacial score (nSPS) is 11.3. The predicted molar refractivity (Wildman–Crippen MR) is 119 cm³/mol. The molecule has 0 radical (unpaired) electrons. The Kier molecular flexibility index (Phi) is 6.51. The van der Waals surface area contributed by atoms with E-state index in [0.717, 1.165) is 34.0 Å². The summed E-state index contributed by atoms with van der Waals surface area (Å²) in [5, 5.41) is 10.5. The smallest absolute Gasteiger partial charge is 0.257 e. The van der Waals surface area contributed by atoms with Crippen LogP contribution in [0.1, 0.15) is 32.9 Å². The molecule has 7 nitrogen and oxygen atoms in total. The summed E-state index contributed by atoms with van der Waals surface area (Å²) in [7, 11) is 3.53. The average Bonchev–Trinajstić information content (AvgIpc) is 2.98. The molecule has 0 atom stereocenters. The summed E-state index contributed by atoms with van der Waals surface area (Å²) in [5.41, 5.74) is 5.39. The lowest BCUT2D eigenvalue weighted by Gasteiger charge is -2.13. The predicted octanol–water partition coefficient (Wildman–Crippen LogP) is 3.75. The zero-order valence-corrected chi connectivity index (χ0v) is 18.0. The fraction of sp³-hybridized carbons (Fsp3) is 0.261. The van der Waals surface area contributed by atoms with Crippen molar-refractivity contribution in [2.75, 3.05) is 12.4 Å². The van der Waals surface area contributed by atoms with E-state index in [0.29, 0.717) is 18.1 Å². The highest BCUT2D eigenvalue weighted by Crippen LogP contribution is 2.16. The summed E-state index contributed by atoms with van der Waals surface area (Å²) in [5.74, 6) is 0.900. The van der Waals surface area contributed by atoms with E-state index in [9.17, 15) is 4.79 Å². The van der Waals surface area contributed by atoms with E-state index in [1.54, 1.807) is 13.2 Å². The first-order valence-electron chi connectivity index (χ1n) is 9.70. The molecule has 0 saturated carbocycles. The van der Waals surface area contributed by atoms with Crippen molar-refractivity contribution in [3.05, 3.63) is 76.6 Å². The van der Waals surface area contributed by atoms with Crippen LogP contribution in [0.3, 0.4) is 0 Å². The SMILES string of the molecule is COc1ccc(NC(=NCc2c(C)nn(C)c2C)NC(=O)c2cccc(C)c2)cc1. The Bertz CT molecular complexity index is 1070. The fourth-order valence-corrected chi connectivity index (χ4v) is 3.09. The number of carbonyl (C=O) groups is 1. The first-order chi connectivity index (χ1) is 14.4. The third kappa shape index (κ3) is 5.05. The van der Waals surface area contributed by atoms with E-state index >= 15 is 0 Å². The summed E-state index contributed by atoms with van der Waals surface area (Å²) >= 11 is 0. The van der Waals surface area contributed by atoms with E-state index < -0.39 is 0 Å². The van der Waals surface area contributed by atoms with Gasteiger partial charge in [-0.2, -0.15) is 5.10 Å². The number of benzene rings is 2. The Morgan fingerprint density at radius 3 is 2.47 bits per heavy atom. The molecular formula is C23H27N5O2. The van der Waals surface area contributed by atoms with Crippen LogP contribution >= 0.6 is 0 Å². The van der Waals surface area contributed by atoms with E-state index in [1.165, 1.54) is 0 Å². The van der Waals surface area contributed by atoms with Gasteiger partial charge < -0.3 is 10.1 Å². The van der Waals surface area contributed by atoms with Crippen LogP contribution in [0.4, 0.5) is 5.69 Å². The number of amides is 1. The molecular weight excluding hydrogens is 378 g/mol. The highest BCUT2D eigenvalue weighted by atomic mass is 16.5. The molecule has 0 aliphatic carbocycles. The van der Waals surface area contributed by atoms with E-state index in [-0.39, 0.29) is 5.91 Å². The van der Waals surface area contributed by atoms with Gasteiger partial charge in [-0.25, -0.2) is 4.99 Å². The minimum atomic E-state index is -0.224. The van der Waals surface area contributed by atoms with E-state index in [4.69, 9.17) is 4.74 Å². The van der Waals surface area contributed by atoms with Crippen LogP contribution in [0.2, 0.25) is 0 Å². The molecule has 0 aliphatic heterocycles. The van der Waals surface area contributed by atoms with Gasteiger partial charge in [0.05, 0.1) is 19.3 Å².